The van der Waals surface area contributed by atoms with Crippen LogP contribution in [-0.4, -0.2) is 12.1 Å². The summed E-state index contributed by atoms with van der Waals surface area (Å²) in [6, 6.07) is 6.75. The van der Waals surface area contributed by atoms with Crippen molar-refractivity contribution in [1.29, 1.82) is 0 Å². The maximum atomic E-state index is 13.6. The summed E-state index contributed by atoms with van der Waals surface area (Å²) in [7, 11) is 0. The summed E-state index contributed by atoms with van der Waals surface area (Å²) in [5.74, 6) is -0.0394. The standard InChI is InChI=1S/C15H21FN2/c16-14-3-1-2-13-12(14)8-9-15(13)18-11-6-4-10(17)5-7-11/h1-3,10-11,15,18H,4-9,17H2. The summed E-state index contributed by atoms with van der Waals surface area (Å²) in [6.07, 6.45) is 6.43. The monoisotopic (exact) mass is 248 g/mol. The zero-order valence-corrected chi connectivity index (χ0v) is 10.7. The van der Waals surface area contributed by atoms with Gasteiger partial charge in [-0.15, -0.1) is 0 Å². The molecule has 1 saturated carbocycles. The summed E-state index contributed by atoms with van der Waals surface area (Å²) < 4.78 is 13.6. The van der Waals surface area contributed by atoms with Crippen LogP contribution in [0.3, 0.4) is 0 Å². The highest BCUT2D eigenvalue weighted by Gasteiger charge is 2.28. The minimum Gasteiger partial charge on any atom is -0.328 e. The maximum Gasteiger partial charge on any atom is 0.126 e. The van der Waals surface area contributed by atoms with Gasteiger partial charge in [-0.05, 0) is 55.7 Å². The molecule has 2 aliphatic rings. The molecule has 1 atom stereocenters. The zero-order chi connectivity index (χ0) is 12.5. The van der Waals surface area contributed by atoms with Crippen molar-refractivity contribution in [2.45, 2.75) is 56.7 Å². The average Bonchev–Trinajstić information content (AvgIpc) is 2.77. The van der Waals surface area contributed by atoms with Crippen LogP contribution in [0.25, 0.3) is 0 Å². The van der Waals surface area contributed by atoms with Crippen LogP contribution in [0.2, 0.25) is 0 Å². The van der Waals surface area contributed by atoms with Crippen molar-refractivity contribution < 1.29 is 4.39 Å². The van der Waals surface area contributed by atoms with E-state index in [0.29, 0.717) is 18.1 Å². The molecule has 0 aromatic heterocycles. The lowest BCUT2D eigenvalue weighted by atomic mass is 9.91. The van der Waals surface area contributed by atoms with Gasteiger partial charge in [0, 0.05) is 18.1 Å². The summed E-state index contributed by atoms with van der Waals surface area (Å²) in [6.45, 7) is 0. The smallest absolute Gasteiger partial charge is 0.126 e. The van der Waals surface area contributed by atoms with Crippen molar-refractivity contribution in [2.24, 2.45) is 5.73 Å². The number of hydrogen-bond acceptors (Lipinski definition) is 2. The van der Waals surface area contributed by atoms with Crippen LogP contribution in [0.5, 0.6) is 0 Å². The Balaban J connectivity index is 1.68. The van der Waals surface area contributed by atoms with E-state index in [4.69, 9.17) is 5.73 Å². The molecule has 3 rings (SSSR count). The number of benzene rings is 1. The first-order chi connectivity index (χ1) is 8.74. The highest BCUT2D eigenvalue weighted by molar-refractivity contribution is 5.35. The largest absolute Gasteiger partial charge is 0.328 e. The zero-order valence-electron chi connectivity index (χ0n) is 10.7. The SMILES string of the molecule is NC1CCC(NC2CCc3c(F)cccc32)CC1. The molecule has 1 fully saturated rings. The number of nitrogens with two attached hydrogens (primary N) is 1. The molecule has 0 spiro atoms. The molecule has 0 bridgehead atoms. The van der Waals surface area contributed by atoms with E-state index in [1.807, 2.05) is 6.07 Å². The van der Waals surface area contributed by atoms with Crippen LogP contribution in [0.15, 0.2) is 18.2 Å². The molecule has 3 N–H and O–H groups in total. The number of nitrogens with one attached hydrogen (secondary N) is 1. The third-order valence-electron chi connectivity index (χ3n) is 4.42. The maximum absolute atomic E-state index is 13.6. The first-order valence-electron chi connectivity index (χ1n) is 7.03. The highest BCUT2D eigenvalue weighted by atomic mass is 19.1. The molecule has 0 aliphatic heterocycles. The minimum absolute atomic E-state index is 0.0394. The number of halogens is 1. The third-order valence-corrected chi connectivity index (χ3v) is 4.42. The molecule has 2 aliphatic carbocycles. The molecule has 2 nitrogen and oxygen atoms in total. The van der Waals surface area contributed by atoms with E-state index >= 15 is 0 Å². The molecular formula is C15H21FN2. The van der Waals surface area contributed by atoms with Crippen LogP contribution in [0, 0.1) is 5.82 Å². The Bertz CT molecular complexity index is 425. The Labute approximate surface area is 108 Å². The van der Waals surface area contributed by atoms with Crippen molar-refractivity contribution in [3.63, 3.8) is 0 Å². The fourth-order valence-corrected chi connectivity index (χ4v) is 3.35. The minimum atomic E-state index is -0.0394. The second-order valence-electron chi connectivity index (χ2n) is 5.68. The molecule has 3 heteroatoms. The van der Waals surface area contributed by atoms with Crippen molar-refractivity contribution in [3.05, 3.63) is 35.1 Å². The van der Waals surface area contributed by atoms with Gasteiger partial charge >= 0.3 is 0 Å². The Morgan fingerprint density at radius 2 is 1.89 bits per heavy atom. The fourth-order valence-electron chi connectivity index (χ4n) is 3.35. The Hall–Kier alpha value is -0.930. The van der Waals surface area contributed by atoms with E-state index in [1.54, 1.807) is 6.07 Å². The van der Waals surface area contributed by atoms with Crippen molar-refractivity contribution >= 4 is 0 Å². The first kappa shape index (κ1) is 12.1. The van der Waals surface area contributed by atoms with Crippen molar-refractivity contribution in [1.82, 2.24) is 5.32 Å². The van der Waals surface area contributed by atoms with Gasteiger partial charge in [0.2, 0.25) is 0 Å². The van der Waals surface area contributed by atoms with Gasteiger partial charge in [0.05, 0.1) is 0 Å². The number of rotatable bonds is 2. The van der Waals surface area contributed by atoms with E-state index in [2.05, 4.69) is 11.4 Å². The van der Waals surface area contributed by atoms with Gasteiger partial charge in [-0.3, -0.25) is 0 Å². The van der Waals surface area contributed by atoms with Crippen molar-refractivity contribution in [2.75, 3.05) is 0 Å². The summed E-state index contributed by atoms with van der Waals surface area (Å²) in [5, 5.41) is 3.70. The predicted molar refractivity (Wildman–Crippen MR) is 70.8 cm³/mol. The lowest BCUT2D eigenvalue weighted by Crippen LogP contribution is -2.38. The molecule has 0 heterocycles. The molecule has 1 unspecified atom stereocenters. The van der Waals surface area contributed by atoms with Gasteiger partial charge in [-0.25, -0.2) is 4.39 Å². The molecule has 0 saturated heterocycles. The first-order valence-corrected chi connectivity index (χ1v) is 7.03. The quantitative estimate of drug-likeness (QED) is 0.844. The summed E-state index contributed by atoms with van der Waals surface area (Å²) in [5.41, 5.74) is 8.01. The van der Waals surface area contributed by atoms with Gasteiger partial charge < -0.3 is 11.1 Å². The number of fused-ring (bicyclic) bond motifs is 1. The van der Waals surface area contributed by atoms with Crippen LogP contribution >= 0.6 is 0 Å². The molecule has 98 valence electrons. The van der Waals surface area contributed by atoms with Crippen LogP contribution in [0.4, 0.5) is 4.39 Å². The van der Waals surface area contributed by atoms with Crippen LogP contribution in [-0.2, 0) is 6.42 Å². The summed E-state index contributed by atoms with van der Waals surface area (Å²) >= 11 is 0. The fraction of sp³-hybridized carbons (Fsp3) is 0.600. The Morgan fingerprint density at radius 1 is 1.11 bits per heavy atom. The van der Waals surface area contributed by atoms with Gasteiger partial charge in [0.25, 0.3) is 0 Å². The van der Waals surface area contributed by atoms with E-state index in [0.717, 1.165) is 44.1 Å². The normalized spacial score (nSPS) is 31.3. The van der Waals surface area contributed by atoms with E-state index < -0.39 is 0 Å². The second kappa shape index (κ2) is 4.98. The molecule has 1 aromatic carbocycles. The average molecular weight is 248 g/mol. The molecule has 1 aromatic rings. The lowest BCUT2D eigenvalue weighted by molar-refractivity contribution is 0.315. The lowest BCUT2D eigenvalue weighted by Gasteiger charge is -2.29. The predicted octanol–water partition coefficient (Wildman–Crippen LogP) is 2.67. The van der Waals surface area contributed by atoms with E-state index in [-0.39, 0.29) is 5.82 Å². The molecule has 18 heavy (non-hydrogen) atoms. The van der Waals surface area contributed by atoms with Crippen LogP contribution in [0.1, 0.15) is 49.3 Å². The Kier molecular flexibility index (Phi) is 3.35. The van der Waals surface area contributed by atoms with E-state index in [9.17, 15) is 4.39 Å². The van der Waals surface area contributed by atoms with Gasteiger partial charge in [0.15, 0.2) is 0 Å². The second-order valence-corrected chi connectivity index (χ2v) is 5.68. The highest BCUT2D eigenvalue weighted by Crippen LogP contribution is 2.34. The van der Waals surface area contributed by atoms with Gasteiger partial charge in [-0.2, -0.15) is 0 Å². The summed E-state index contributed by atoms with van der Waals surface area (Å²) in [4.78, 5) is 0. The third kappa shape index (κ3) is 2.29. The van der Waals surface area contributed by atoms with Crippen molar-refractivity contribution in [3.8, 4) is 0 Å². The topological polar surface area (TPSA) is 38.0 Å². The van der Waals surface area contributed by atoms with Crippen LogP contribution < -0.4 is 11.1 Å². The molecule has 0 radical (unpaired) electrons. The Morgan fingerprint density at radius 3 is 2.67 bits per heavy atom. The molecule has 0 amide bonds. The van der Waals surface area contributed by atoms with Gasteiger partial charge in [0.1, 0.15) is 5.82 Å². The number of hydrogen-bond donors (Lipinski definition) is 2. The van der Waals surface area contributed by atoms with E-state index in [1.165, 1.54) is 5.56 Å². The van der Waals surface area contributed by atoms with Gasteiger partial charge in [-0.1, -0.05) is 12.1 Å². The molecular weight excluding hydrogens is 227 g/mol.